The zero-order valence-corrected chi connectivity index (χ0v) is 35.7. The van der Waals surface area contributed by atoms with Crippen LogP contribution in [0.3, 0.4) is 0 Å². The summed E-state index contributed by atoms with van der Waals surface area (Å²) in [5.41, 5.74) is 38.7. The Bertz CT molecular complexity index is 1360. The SMILES string of the molecule is NC(N)=NCCCCCC(=O)NCCCN(CCCNC(=O)CCCCCN=C(N)N)CCOC1CCC(CCCCN=C(N)NC(=O)C2=C(N)NC(N)C(Cl)=N2)CC1. The topological polar surface area (TPSA) is 343 Å². The minimum absolute atomic E-state index is 0.00898. The predicted molar refractivity (Wildman–Crippen MR) is 236 cm³/mol. The van der Waals surface area contributed by atoms with Crippen LogP contribution in [0.5, 0.6) is 0 Å². The van der Waals surface area contributed by atoms with Gasteiger partial charge in [0.15, 0.2) is 23.6 Å². The number of hydrogen-bond donors (Lipinski definition) is 11. The van der Waals surface area contributed by atoms with Gasteiger partial charge in [-0.25, -0.2) is 4.99 Å². The number of ether oxygens (including phenoxy) is 1. The molecule has 0 aromatic carbocycles. The van der Waals surface area contributed by atoms with Crippen molar-refractivity contribution in [1.82, 2.24) is 26.2 Å². The Morgan fingerprint density at radius 1 is 0.746 bits per heavy atom. The third kappa shape index (κ3) is 25.0. The number of nitrogens with two attached hydrogens (primary N) is 7. The van der Waals surface area contributed by atoms with Crippen LogP contribution < -0.4 is 61.4 Å². The lowest BCUT2D eigenvalue weighted by atomic mass is 9.84. The summed E-state index contributed by atoms with van der Waals surface area (Å²) in [5, 5.41) is 11.3. The van der Waals surface area contributed by atoms with Crippen LogP contribution in [0.4, 0.5) is 0 Å². The van der Waals surface area contributed by atoms with Crippen LogP contribution in [-0.2, 0) is 19.1 Å². The molecule has 0 bridgehead atoms. The average molecular weight is 854 g/mol. The van der Waals surface area contributed by atoms with E-state index in [0.29, 0.717) is 58.1 Å². The van der Waals surface area contributed by atoms with Crippen LogP contribution >= 0.6 is 11.6 Å². The first-order valence-corrected chi connectivity index (χ1v) is 21.6. The lowest BCUT2D eigenvalue weighted by Crippen LogP contribution is -2.48. The monoisotopic (exact) mass is 853 g/mol. The van der Waals surface area contributed by atoms with Crippen molar-refractivity contribution in [1.29, 1.82) is 0 Å². The van der Waals surface area contributed by atoms with Crippen molar-refractivity contribution in [3.8, 4) is 0 Å². The molecular formula is C38H73ClN16O4. The third-order valence-electron chi connectivity index (χ3n) is 10.0. The maximum absolute atomic E-state index is 12.5. The molecule has 2 aliphatic rings. The van der Waals surface area contributed by atoms with Gasteiger partial charge in [-0.3, -0.25) is 34.7 Å². The fourth-order valence-corrected chi connectivity index (χ4v) is 6.88. The summed E-state index contributed by atoms with van der Waals surface area (Å²) in [6, 6.07) is 0. The molecule has 21 heteroatoms. The molecule has 1 heterocycles. The number of rotatable bonds is 30. The van der Waals surface area contributed by atoms with Gasteiger partial charge in [-0.15, -0.1) is 0 Å². The van der Waals surface area contributed by atoms with Crippen LogP contribution in [0.25, 0.3) is 0 Å². The lowest BCUT2D eigenvalue weighted by molar-refractivity contribution is -0.122. The van der Waals surface area contributed by atoms with Crippen molar-refractivity contribution in [3.63, 3.8) is 0 Å². The molecule has 336 valence electrons. The average Bonchev–Trinajstić information content (AvgIpc) is 3.19. The first kappa shape index (κ1) is 50.7. The molecule has 0 saturated heterocycles. The van der Waals surface area contributed by atoms with E-state index in [2.05, 4.69) is 46.1 Å². The summed E-state index contributed by atoms with van der Waals surface area (Å²) in [7, 11) is 0. The van der Waals surface area contributed by atoms with Gasteiger partial charge < -0.3 is 65.7 Å². The lowest BCUT2D eigenvalue weighted by Gasteiger charge is -2.30. The molecule has 0 radical (unpaired) electrons. The quantitative estimate of drug-likeness (QED) is 0.0254. The number of guanidine groups is 3. The van der Waals surface area contributed by atoms with E-state index < -0.39 is 12.1 Å². The minimum atomic E-state index is -0.764. The normalized spacial score (nSPS) is 18.1. The van der Waals surface area contributed by atoms with E-state index in [0.717, 1.165) is 116 Å². The molecule has 0 aromatic heterocycles. The van der Waals surface area contributed by atoms with Crippen molar-refractivity contribution in [3.05, 3.63) is 11.5 Å². The highest BCUT2D eigenvalue weighted by Gasteiger charge is 2.24. The Hall–Kier alpha value is -4.40. The van der Waals surface area contributed by atoms with E-state index in [1.54, 1.807) is 0 Å². The van der Waals surface area contributed by atoms with E-state index in [1.165, 1.54) is 0 Å². The summed E-state index contributed by atoms with van der Waals surface area (Å²) in [6.45, 7) is 5.94. The highest BCUT2D eigenvalue weighted by atomic mass is 35.5. The largest absolute Gasteiger partial charge is 0.384 e. The van der Waals surface area contributed by atoms with E-state index in [4.69, 9.17) is 56.5 Å². The second-order valence-electron chi connectivity index (χ2n) is 15.0. The number of unbranched alkanes of at least 4 members (excludes halogenated alkanes) is 5. The summed E-state index contributed by atoms with van der Waals surface area (Å²) < 4.78 is 6.36. The first-order valence-electron chi connectivity index (χ1n) is 21.2. The van der Waals surface area contributed by atoms with E-state index in [-0.39, 0.29) is 52.5 Å². The number of halogens is 1. The molecule has 1 atom stereocenters. The highest BCUT2D eigenvalue weighted by molar-refractivity contribution is 6.67. The molecular weight excluding hydrogens is 780 g/mol. The minimum Gasteiger partial charge on any atom is -0.384 e. The molecule has 1 aliphatic heterocycles. The van der Waals surface area contributed by atoms with Gasteiger partial charge in [0.1, 0.15) is 17.2 Å². The molecule has 0 aromatic rings. The Morgan fingerprint density at radius 2 is 1.29 bits per heavy atom. The molecule has 1 aliphatic carbocycles. The first-order chi connectivity index (χ1) is 28.3. The van der Waals surface area contributed by atoms with Gasteiger partial charge in [0.25, 0.3) is 5.91 Å². The molecule has 3 amide bonds. The zero-order valence-electron chi connectivity index (χ0n) is 34.9. The van der Waals surface area contributed by atoms with Gasteiger partial charge in [0, 0.05) is 52.1 Å². The molecule has 59 heavy (non-hydrogen) atoms. The van der Waals surface area contributed by atoms with Crippen molar-refractivity contribution in [2.24, 2.45) is 66.0 Å². The number of carbonyl (C=O) groups is 3. The van der Waals surface area contributed by atoms with Gasteiger partial charge in [-0.05, 0) is 89.6 Å². The fourth-order valence-electron chi connectivity index (χ4n) is 6.74. The Balaban J connectivity index is 1.66. The zero-order chi connectivity index (χ0) is 43.3. The maximum Gasteiger partial charge on any atom is 0.280 e. The summed E-state index contributed by atoms with van der Waals surface area (Å²) in [5.74, 6) is 0.334. The number of nitrogens with zero attached hydrogens (tertiary/aromatic N) is 5. The molecule has 1 fully saturated rings. The van der Waals surface area contributed by atoms with Gasteiger partial charge in [0.2, 0.25) is 11.8 Å². The maximum atomic E-state index is 12.5. The van der Waals surface area contributed by atoms with Crippen molar-refractivity contribution < 1.29 is 19.1 Å². The van der Waals surface area contributed by atoms with Gasteiger partial charge in [0.05, 0.1) is 12.7 Å². The molecule has 2 rings (SSSR count). The van der Waals surface area contributed by atoms with Crippen molar-refractivity contribution in [2.45, 2.75) is 121 Å². The van der Waals surface area contributed by atoms with Gasteiger partial charge >= 0.3 is 0 Å². The van der Waals surface area contributed by atoms with Crippen LogP contribution in [0.2, 0.25) is 0 Å². The highest BCUT2D eigenvalue weighted by Crippen LogP contribution is 2.29. The summed E-state index contributed by atoms with van der Waals surface area (Å²) in [6.07, 6.45) is 14.5. The third-order valence-corrected chi connectivity index (χ3v) is 10.3. The summed E-state index contributed by atoms with van der Waals surface area (Å²) in [4.78, 5) is 55.6. The van der Waals surface area contributed by atoms with Crippen LogP contribution in [-0.4, -0.2) is 117 Å². The van der Waals surface area contributed by atoms with Crippen molar-refractivity contribution in [2.75, 3.05) is 59.0 Å². The Labute approximate surface area is 354 Å². The van der Waals surface area contributed by atoms with Gasteiger partial charge in [-0.2, -0.15) is 0 Å². The summed E-state index contributed by atoms with van der Waals surface area (Å²) >= 11 is 5.92. The second-order valence-corrected chi connectivity index (χ2v) is 15.4. The number of hydrogen-bond acceptors (Lipinski definition) is 12. The van der Waals surface area contributed by atoms with E-state index >= 15 is 0 Å². The number of nitrogens with one attached hydrogen (secondary N) is 4. The molecule has 18 N–H and O–H groups in total. The molecule has 1 unspecified atom stereocenters. The number of amides is 3. The van der Waals surface area contributed by atoms with E-state index in [9.17, 15) is 14.4 Å². The van der Waals surface area contributed by atoms with Gasteiger partial charge in [-0.1, -0.05) is 37.3 Å². The smallest absolute Gasteiger partial charge is 0.280 e. The standard InChI is InChI=1S/C38H73ClN16O4/c39-32-34(41)53-33(40)31(52-32)35(58)54-38(46)51-20-8-5-11-27-14-16-28(17-15-27)59-26-25-55(23-9-21-47-29(56)12-3-1-6-18-49-36(42)43)24-10-22-48-30(57)13-4-2-7-19-50-37(44)45/h27-28,34,53H,1-26,40-41H2,(H,47,56)(H,48,57)(H4,42,43,49)(H4,44,45,50)(H3,46,51,54,58). The van der Waals surface area contributed by atoms with Crippen LogP contribution in [0.1, 0.15) is 109 Å². The number of aliphatic imine (C=N–C) groups is 4. The fraction of sp³-hybridized carbons (Fsp3) is 0.763. The molecule has 20 nitrogen and oxygen atoms in total. The second kappa shape index (κ2) is 30.6. The number of carbonyl (C=O) groups excluding carboxylic acids is 3. The Kier molecular flexibility index (Phi) is 26.3. The predicted octanol–water partition coefficient (Wildman–Crippen LogP) is -0.202. The molecule has 0 spiro atoms. The Morgan fingerprint density at radius 3 is 1.85 bits per heavy atom. The van der Waals surface area contributed by atoms with Crippen LogP contribution in [0, 0.1) is 5.92 Å². The molecule has 1 saturated carbocycles. The van der Waals surface area contributed by atoms with Crippen LogP contribution in [0.15, 0.2) is 31.5 Å². The van der Waals surface area contributed by atoms with E-state index in [1.807, 2.05) is 0 Å². The van der Waals surface area contributed by atoms with Crippen molar-refractivity contribution >= 4 is 52.4 Å².